The highest BCUT2D eigenvalue weighted by atomic mass is 16.4. The molecule has 24 heavy (non-hydrogen) atoms. The molecule has 1 heterocycles. The van der Waals surface area contributed by atoms with Gasteiger partial charge >= 0.3 is 5.97 Å². The van der Waals surface area contributed by atoms with Crippen molar-refractivity contribution >= 4 is 5.97 Å². The van der Waals surface area contributed by atoms with Crippen molar-refractivity contribution in [3.8, 4) is 0 Å². The molecule has 2 saturated carbocycles. The molecule has 6 atom stereocenters. The van der Waals surface area contributed by atoms with Gasteiger partial charge in [-0.1, -0.05) is 36.8 Å². The summed E-state index contributed by atoms with van der Waals surface area (Å²) in [5.41, 5.74) is -1.74. The normalized spacial score (nSPS) is 40.6. The molecule has 4 nitrogen and oxygen atoms in total. The number of carbonyl (C=O) groups is 1. The Bertz CT molecular complexity index is 613. The van der Waals surface area contributed by atoms with E-state index in [-0.39, 0.29) is 5.92 Å². The fourth-order valence-corrected chi connectivity index (χ4v) is 5.97. The van der Waals surface area contributed by atoms with Crippen LogP contribution in [0.15, 0.2) is 30.3 Å². The summed E-state index contributed by atoms with van der Waals surface area (Å²) in [5.74, 6) is 0.158. The van der Waals surface area contributed by atoms with Gasteiger partial charge in [-0.15, -0.1) is 0 Å². The predicted molar refractivity (Wildman–Crippen MR) is 91.7 cm³/mol. The molecule has 0 amide bonds. The molecule has 4 rings (SSSR count). The van der Waals surface area contributed by atoms with Crippen LogP contribution in [0.4, 0.5) is 0 Å². The summed E-state index contributed by atoms with van der Waals surface area (Å²) in [7, 11) is 0. The van der Waals surface area contributed by atoms with Crippen LogP contribution >= 0.6 is 0 Å². The Hall–Kier alpha value is -1.39. The Morgan fingerprint density at radius 3 is 2.54 bits per heavy atom. The van der Waals surface area contributed by atoms with Gasteiger partial charge in [0.05, 0.1) is 5.60 Å². The van der Waals surface area contributed by atoms with Crippen LogP contribution in [-0.2, 0) is 10.2 Å². The van der Waals surface area contributed by atoms with E-state index in [1.165, 1.54) is 6.42 Å². The van der Waals surface area contributed by atoms with E-state index in [0.29, 0.717) is 29.9 Å². The van der Waals surface area contributed by atoms with Gasteiger partial charge in [-0.3, -0.25) is 4.79 Å². The average Bonchev–Trinajstić information content (AvgIpc) is 3.28. The van der Waals surface area contributed by atoms with Crippen LogP contribution < -0.4 is 5.32 Å². The molecule has 2 bridgehead atoms. The molecule has 2 aliphatic carbocycles. The van der Waals surface area contributed by atoms with E-state index in [1.54, 1.807) is 6.92 Å². The molecule has 3 fully saturated rings. The number of carboxylic acids is 1. The molecule has 1 aliphatic heterocycles. The van der Waals surface area contributed by atoms with Crippen LogP contribution in [0, 0.1) is 17.8 Å². The van der Waals surface area contributed by atoms with Crippen molar-refractivity contribution in [2.24, 2.45) is 17.8 Å². The topological polar surface area (TPSA) is 69.6 Å². The molecule has 130 valence electrons. The first-order chi connectivity index (χ1) is 11.5. The van der Waals surface area contributed by atoms with Crippen molar-refractivity contribution in [1.82, 2.24) is 5.32 Å². The summed E-state index contributed by atoms with van der Waals surface area (Å²) < 4.78 is 0. The standard InChI is InChI=1S/C20H27NO3/c1-19(18(22)23,14-6-3-2-4-7-14)20(24)11-5-8-15(20)17-13-9-10-16(17)21-12-13/h2-4,6-7,13,15-17,21,24H,5,8-12H2,1H3,(H,22,23)/t13?,15?,16-,17?,19?,20?/m1/s1. The van der Waals surface area contributed by atoms with Crippen LogP contribution in [0.5, 0.6) is 0 Å². The molecule has 3 N–H and O–H groups in total. The van der Waals surface area contributed by atoms with Gasteiger partial charge in [0, 0.05) is 6.04 Å². The molecule has 1 saturated heterocycles. The first-order valence-corrected chi connectivity index (χ1v) is 9.23. The molecule has 1 aromatic rings. The first-order valence-electron chi connectivity index (χ1n) is 9.23. The Balaban J connectivity index is 1.77. The molecule has 1 aromatic carbocycles. The van der Waals surface area contributed by atoms with E-state index in [9.17, 15) is 15.0 Å². The number of carboxylic acid groups (broad SMARTS) is 1. The van der Waals surface area contributed by atoms with E-state index < -0.39 is 17.0 Å². The second kappa shape index (κ2) is 5.57. The minimum atomic E-state index is -1.27. The number of hydrogen-bond donors (Lipinski definition) is 3. The zero-order valence-corrected chi connectivity index (χ0v) is 14.2. The highest BCUT2D eigenvalue weighted by Gasteiger charge is 2.63. The Morgan fingerprint density at radius 1 is 1.25 bits per heavy atom. The van der Waals surface area contributed by atoms with Crippen LogP contribution in [0.1, 0.15) is 44.6 Å². The van der Waals surface area contributed by atoms with E-state index in [4.69, 9.17) is 0 Å². The smallest absolute Gasteiger partial charge is 0.316 e. The largest absolute Gasteiger partial charge is 0.481 e. The highest BCUT2D eigenvalue weighted by Crippen LogP contribution is 2.56. The third-order valence-electron chi connectivity index (χ3n) is 7.30. The first kappa shape index (κ1) is 16.1. The number of piperidine rings is 1. The lowest BCUT2D eigenvalue weighted by molar-refractivity contribution is -0.162. The SMILES string of the molecule is CC(C(=O)O)(c1ccccc1)C1(O)CCCC1C1C2CC[C@H]1NC2. The second-order valence-electron chi connectivity index (χ2n) is 8.15. The van der Waals surface area contributed by atoms with Gasteiger partial charge in [0.1, 0.15) is 5.41 Å². The minimum Gasteiger partial charge on any atom is -0.481 e. The van der Waals surface area contributed by atoms with Crippen molar-refractivity contribution in [3.63, 3.8) is 0 Å². The average molecular weight is 329 g/mol. The summed E-state index contributed by atoms with van der Waals surface area (Å²) in [6.45, 7) is 2.75. The lowest BCUT2D eigenvalue weighted by Gasteiger charge is -2.46. The number of nitrogens with one attached hydrogen (secondary N) is 1. The fraction of sp³-hybridized carbons (Fsp3) is 0.650. The van der Waals surface area contributed by atoms with Crippen molar-refractivity contribution < 1.29 is 15.0 Å². The van der Waals surface area contributed by atoms with Crippen molar-refractivity contribution in [2.45, 2.75) is 56.1 Å². The number of rotatable bonds is 4. The van der Waals surface area contributed by atoms with Crippen LogP contribution in [0.3, 0.4) is 0 Å². The maximum absolute atomic E-state index is 12.4. The van der Waals surface area contributed by atoms with Gasteiger partial charge in [-0.05, 0) is 62.5 Å². The molecular weight excluding hydrogens is 302 g/mol. The van der Waals surface area contributed by atoms with E-state index in [2.05, 4.69) is 5.32 Å². The van der Waals surface area contributed by atoms with Gasteiger partial charge in [-0.25, -0.2) is 0 Å². The Labute approximate surface area is 143 Å². The van der Waals surface area contributed by atoms with Crippen LogP contribution in [-0.4, -0.2) is 34.4 Å². The number of benzene rings is 1. The van der Waals surface area contributed by atoms with Gasteiger partial charge in [-0.2, -0.15) is 0 Å². The molecule has 4 heteroatoms. The maximum atomic E-state index is 12.4. The van der Waals surface area contributed by atoms with Gasteiger partial charge < -0.3 is 15.5 Å². The third-order valence-corrected chi connectivity index (χ3v) is 7.30. The number of aliphatic carboxylic acids is 1. The van der Waals surface area contributed by atoms with E-state index in [1.807, 2.05) is 30.3 Å². The molecular formula is C20H27NO3. The number of fused-ring (bicyclic) bond motifs is 2. The van der Waals surface area contributed by atoms with Gasteiger partial charge in [0.25, 0.3) is 0 Å². The lowest BCUT2D eigenvalue weighted by Crippen LogP contribution is -2.59. The molecule has 0 aromatic heterocycles. The van der Waals surface area contributed by atoms with Crippen molar-refractivity contribution in [2.75, 3.05) is 6.54 Å². The summed E-state index contributed by atoms with van der Waals surface area (Å²) in [4.78, 5) is 12.4. The quantitative estimate of drug-likeness (QED) is 0.794. The van der Waals surface area contributed by atoms with Crippen LogP contribution in [0.25, 0.3) is 0 Å². The van der Waals surface area contributed by atoms with Gasteiger partial charge in [0.15, 0.2) is 0 Å². The maximum Gasteiger partial charge on any atom is 0.316 e. The summed E-state index contributed by atoms with van der Waals surface area (Å²) in [6, 6.07) is 9.78. The van der Waals surface area contributed by atoms with Gasteiger partial charge in [0.2, 0.25) is 0 Å². The highest BCUT2D eigenvalue weighted by molar-refractivity contribution is 5.83. The van der Waals surface area contributed by atoms with E-state index in [0.717, 1.165) is 25.8 Å². The van der Waals surface area contributed by atoms with Crippen molar-refractivity contribution in [1.29, 1.82) is 0 Å². The number of aliphatic hydroxyl groups is 1. The zero-order chi connectivity index (χ0) is 16.9. The monoisotopic (exact) mass is 329 g/mol. The number of hydrogen-bond acceptors (Lipinski definition) is 3. The lowest BCUT2D eigenvalue weighted by atomic mass is 9.60. The fourth-order valence-electron chi connectivity index (χ4n) is 5.97. The van der Waals surface area contributed by atoms with Crippen LogP contribution in [0.2, 0.25) is 0 Å². The minimum absolute atomic E-state index is 0.0614. The Morgan fingerprint density at radius 2 is 2.00 bits per heavy atom. The molecule has 0 spiro atoms. The summed E-state index contributed by atoms with van der Waals surface area (Å²) in [5, 5.41) is 25.5. The molecule has 3 aliphatic rings. The molecule has 5 unspecified atom stereocenters. The Kier molecular flexibility index (Phi) is 3.73. The van der Waals surface area contributed by atoms with E-state index >= 15 is 0 Å². The second-order valence-corrected chi connectivity index (χ2v) is 8.15. The summed E-state index contributed by atoms with van der Waals surface area (Å²) >= 11 is 0. The van der Waals surface area contributed by atoms with Crippen molar-refractivity contribution in [3.05, 3.63) is 35.9 Å². The predicted octanol–water partition coefficient (Wildman–Crippen LogP) is 2.56. The molecule has 0 radical (unpaired) electrons. The third kappa shape index (κ3) is 2.02. The summed E-state index contributed by atoms with van der Waals surface area (Å²) in [6.07, 6.45) is 4.80. The zero-order valence-electron chi connectivity index (χ0n) is 14.2.